The number of benzene rings is 1. The maximum absolute atomic E-state index is 12.7. The van der Waals surface area contributed by atoms with Crippen LogP contribution in [-0.4, -0.2) is 35.3 Å². The number of hydrogen-bond acceptors (Lipinski definition) is 3. The van der Waals surface area contributed by atoms with Gasteiger partial charge in [0.25, 0.3) is 5.91 Å². The van der Waals surface area contributed by atoms with Gasteiger partial charge < -0.3 is 10.6 Å². The molecule has 1 amide bonds. The van der Waals surface area contributed by atoms with Crippen molar-refractivity contribution in [2.45, 2.75) is 32.1 Å². The Morgan fingerprint density at radius 2 is 2.12 bits per heavy atom. The molecule has 5 heteroatoms. The average Bonchev–Trinajstić information content (AvgIpc) is 3.24. The standard InChI is InChI=1S/C19H24N4O/c24-19(21-13-14-6-5-11-20-12-14)18-16-9-4-10-17(16)23(22-18)15-7-2-1-3-8-15/h1-3,7-8,14,20H,4-6,9-13H2,(H,21,24). The summed E-state index contributed by atoms with van der Waals surface area (Å²) < 4.78 is 1.96. The molecular formula is C19H24N4O. The number of para-hydroxylation sites is 1. The third-order valence-electron chi connectivity index (χ3n) is 5.10. The highest BCUT2D eigenvalue weighted by Gasteiger charge is 2.27. The van der Waals surface area contributed by atoms with Crippen molar-refractivity contribution < 1.29 is 4.79 Å². The zero-order valence-electron chi connectivity index (χ0n) is 13.9. The molecule has 4 rings (SSSR count). The molecule has 2 aliphatic rings. The lowest BCUT2D eigenvalue weighted by Crippen LogP contribution is -2.38. The molecule has 0 bridgehead atoms. The van der Waals surface area contributed by atoms with Crippen LogP contribution in [0.4, 0.5) is 0 Å². The largest absolute Gasteiger partial charge is 0.350 e. The van der Waals surface area contributed by atoms with Gasteiger partial charge in [-0.05, 0) is 63.2 Å². The summed E-state index contributed by atoms with van der Waals surface area (Å²) in [4.78, 5) is 12.7. The Morgan fingerprint density at radius 3 is 2.92 bits per heavy atom. The van der Waals surface area contributed by atoms with Crippen molar-refractivity contribution in [2.75, 3.05) is 19.6 Å². The molecule has 5 nitrogen and oxygen atoms in total. The molecule has 2 N–H and O–H groups in total. The molecule has 2 aromatic rings. The second-order valence-corrected chi connectivity index (χ2v) is 6.80. The first-order chi connectivity index (χ1) is 11.8. The Labute approximate surface area is 142 Å². The average molecular weight is 324 g/mol. The van der Waals surface area contributed by atoms with Gasteiger partial charge in [-0.3, -0.25) is 4.79 Å². The van der Waals surface area contributed by atoms with Gasteiger partial charge in [0.15, 0.2) is 5.69 Å². The normalized spacial score (nSPS) is 19.9. The van der Waals surface area contributed by atoms with Gasteiger partial charge in [0.2, 0.25) is 0 Å². The van der Waals surface area contributed by atoms with Crippen molar-refractivity contribution in [3.05, 3.63) is 47.3 Å². The molecule has 1 aromatic carbocycles. The molecule has 1 unspecified atom stereocenters. The summed E-state index contributed by atoms with van der Waals surface area (Å²) in [7, 11) is 0. The number of carbonyl (C=O) groups excluding carboxylic acids is 1. The fourth-order valence-electron chi connectivity index (χ4n) is 3.82. The van der Waals surface area contributed by atoms with Gasteiger partial charge in [0.1, 0.15) is 0 Å². The van der Waals surface area contributed by atoms with Crippen LogP contribution in [0.5, 0.6) is 0 Å². The van der Waals surface area contributed by atoms with E-state index in [1.807, 2.05) is 35.0 Å². The maximum Gasteiger partial charge on any atom is 0.272 e. The number of nitrogens with zero attached hydrogens (tertiary/aromatic N) is 2. The number of carbonyl (C=O) groups is 1. The number of aromatic nitrogens is 2. The molecule has 24 heavy (non-hydrogen) atoms. The minimum absolute atomic E-state index is 0.0200. The van der Waals surface area contributed by atoms with Crippen LogP contribution in [0.3, 0.4) is 0 Å². The molecule has 126 valence electrons. The Bertz CT molecular complexity index is 716. The van der Waals surface area contributed by atoms with Crippen molar-refractivity contribution in [2.24, 2.45) is 5.92 Å². The van der Waals surface area contributed by atoms with Gasteiger partial charge in [-0.1, -0.05) is 18.2 Å². The quantitative estimate of drug-likeness (QED) is 0.905. The topological polar surface area (TPSA) is 59.0 Å². The van der Waals surface area contributed by atoms with E-state index in [0.29, 0.717) is 11.6 Å². The first-order valence-corrected chi connectivity index (χ1v) is 8.98. The first kappa shape index (κ1) is 15.4. The van der Waals surface area contributed by atoms with E-state index in [-0.39, 0.29) is 5.91 Å². The van der Waals surface area contributed by atoms with Gasteiger partial charge in [-0.2, -0.15) is 5.10 Å². The zero-order chi connectivity index (χ0) is 16.4. The predicted octanol–water partition coefficient (Wildman–Crippen LogP) is 2.09. The number of fused-ring (bicyclic) bond motifs is 1. The molecule has 2 heterocycles. The molecule has 1 fully saturated rings. The Morgan fingerprint density at radius 1 is 1.25 bits per heavy atom. The molecule has 0 spiro atoms. The van der Waals surface area contributed by atoms with E-state index in [1.54, 1.807) is 0 Å². The first-order valence-electron chi connectivity index (χ1n) is 8.98. The lowest BCUT2D eigenvalue weighted by atomic mass is 10.00. The summed E-state index contributed by atoms with van der Waals surface area (Å²) in [5, 5.41) is 11.2. The minimum atomic E-state index is -0.0200. The minimum Gasteiger partial charge on any atom is -0.350 e. The van der Waals surface area contributed by atoms with Crippen molar-refractivity contribution in [1.82, 2.24) is 20.4 Å². The van der Waals surface area contributed by atoms with Crippen LogP contribution in [0, 0.1) is 5.92 Å². The van der Waals surface area contributed by atoms with Gasteiger partial charge in [0.05, 0.1) is 5.69 Å². The molecule has 1 atom stereocenters. The number of amides is 1. The van der Waals surface area contributed by atoms with Crippen molar-refractivity contribution in [1.29, 1.82) is 0 Å². The van der Waals surface area contributed by atoms with E-state index < -0.39 is 0 Å². The number of piperidine rings is 1. The predicted molar refractivity (Wildman–Crippen MR) is 93.5 cm³/mol. The van der Waals surface area contributed by atoms with E-state index in [4.69, 9.17) is 0 Å². The lowest BCUT2D eigenvalue weighted by molar-refractivity contribution is 0.0938. The highest BCUT2D eigenvalue weighted by Crippen LogP contribution is 2.27. The number of hydrogen-bond donors (Lipinski definition) is 2. The fraction of sp³-hybridized carbons (Fsp3) is 0.474. The van der Waals surface area contributed by atoms with Crippen LogP contribution in [0.25, 0.3) is 5.69 Å². The lowest BCUT2D eigenvalue weighted by Gasteiger charge is -2.22. The summed E-state index contributed by atoms with van der Waals surface area (Å²) in [6.07, 6.45) is 5.43. The Balaban J connectivity index is 1.54. The van der Waals surface area contributed by atoms with Crippen LogP contribution in [0.1, 0.15) is 41.0 Å². The second-order valence-electron chi connectivity index (χ2n) is 6.80. The molecule has 0 saturated carbocycles. The summed E-state index contributed by atoms with van der Waals surface area (Å²) in [5.74, 6) is 0.514. The van der Waals surface area contributed by atoms with Crippen LogP contribution < -0.4 is 10.6 Å². The molecule has 1 aliphatic carbocycles. The fourth-order valence-corrected chi connectivity index (χ4v) is 3.82. The molecule has 1 saturated heterocycles. The SMILES string of the molecule is O=C(NCC1CCCNC1)c1nn(-c2ccccc2)c2c1CCC2. The maximum atomic E-state index is 12.7. The van der Waals surface area contributed by atoms with E-state index in [0.717, 1.165) is 50.1 Å². The summed E-state index contributed by atoms with van der Waals surface area (Å²) >= 11 is 0. The molecule has 0 radical (unpaired) electrons. The summed E-state index contributed by atoms with van der Waals surface area (Å²) in [6, 6.07) is 10.1. The van der Waals surface area contributed by atoms with E-state index in [2.05, 4.69) is 15.7 Å². The van der Waals surface area contributed by atoms with Crippen LogP contribution in [0.2, 0.25) is 0 Å². The third kappa shape index (κ3) is 2.96. The molecule has 1 aliphatic heterocycles. The number of rotatable bonds is 4. The van der Waals surface area contributed by atoms with Crippen LogP contribution >= 0.6 is 0 Å². The van der Waals surface area contributed by atoms with Crippen LogP contribution in [-0.2, 0) is 12.8 Å². The van der Waals surface area contributed by atoms with Crippen molar-refractivity contribution in [3.63, 3.8) is 0 Å². The van der Waals surface area contributed by atoms with E-state index in [1.165, 1.54) is 18.5 Å². The smallest absolute Gasteiger partial charge is 0.272 e. The van der Waals surface area contributed by atoms with Gasteiger partial charge in [-0.15, -0.1) is 0 Å². The molecular weight excluding hydrogens is 300 g/mol. The van der Waals surface area contributed by atoms with Gasteiger partial charge >= 0.3 is 0 Å². The van der Waals surface area contributed by atoms with Crippen molar-refractivity contribution in [3.8, 4) is 5.69 Å². The van der Waals surface area contributed by atoms with Gasteiger partial charge in [0, 0.05) is 17.8 Å². The van der Waals surface area contributed by atoms with E-state index >= 15 is 0 Å². The molecule has 1 aromatic heterocycles. The second kappa shape index (κ2) is 6.77. The van der Waals surface area contributed by atoms with E-state index in [9.17, 15) is 4.79 Å². The Kier molecular flexibility index (Phi) is 4.34. The van der Waals surface area contributed by atoms with Crippen LogP contribution in [0.15, 0.2) is 30.3 Å². The summed E-state index contributed by atoms with van der Waals surface area (Å²) in [6.45, 7) is 2.83. The Hall–Kier alpha value is -2.14. The number of nitrogens with one attached hydrogen (secondary N) is 2. The monoisotopic (exact) mass is 324 g/mol. The zero-order valence-corrected chi connectivity index (χ0v) is 13.9. The highest BCUT2D eigenvalue weighted by atomic mass is 16.1. The highest BCUT2D eigenvalue weighted by molar-refractivity contribution is 5.94. The third-order valence-corrected chi connectivity index (χ3v) is 5.10. The summed E-state index contributed by atoms with van der Waals surface area (Å²) in [5.41, 5.74) is 3.99. The van der Waals surface area contributed by atoms with Gasteiger partial charge in [-0.25, -0.2) is 4.68 Å². The van der Waals surface area contributed by atoms with Crippen molar-refractivity contribution >= 4 is 5.91 Å².